The molecular weight excluding hydrogens is 243 g/mol. The van der Waals surface area contributed by atoms with Crippen LogP contribution < -0.4 is 10.2 Å². The second kappa shape index (κ2) is 5.65. The summed E-state index contributed by atoms with van der Waals surface area (Å²) in [4.78, 5) is 9.68. The number of nitrogens with one attached hydrogen (secondary N) is 1. The van der Waals surface area contributed by atoms with Gasteiger partial charge in [-0.2, -0.15) is 4.98 Å². The minimum Gasteiger partial charge on any atom is -0.357 e. The maximum absolute atomic E-state index is 13.8. The Hall–Kier alpha value is -2.17. The normalized spacial score (nSPS) is 10.3. The second-order valence-electron chi connectivity index (χ2n) is 4.19. The lowest BCUT2D eigenvalue weighted by molar-refractivity contribution is 0.614. The maximum Gasteiger partial charge on any atom is 0.224 e. The van der Waals surface area contributed by atoms with Gasteiger partial charge in [0.25, 0.3) is 0 Å². The molecule has 1 heterocycles. The minimum absolute atomic E-state index is 0.253. The number of rotatable bonds is 4. The molecule has 0 aliphatic heterocycles. The van der Waals surface area contributed by atoms with Gasteiger partial charge in [0.15, 0.2) is 11.6 Å². The van der Waals surface area contributed by atoms with Crippen LogP contribution >= 0.6 is 0 Å². The molecule has 0 atom stereocenters. The van der Waals surface area contributed by atoms with E-state index in [1.165, 1.54) is 11.8 Å². The van der Waals surface area contributed by atoms with Crippen molar-refractivity contribution >= 4 is 17.5 Å². The van der Waals surface area contributed by atoms with Gasteiger partial charge < -0.3 is 10.2 Å². The fourth-order valence-corrected chi connectivity index (χ4v) is 1.79. The zero-order chi connectivity index (χ0) is 13.8. The highest BCUT2D eigenvalue weighted by Gasteiger charge is 2.12. The molecule has 1 aromatic heterocycles. The highest BCUT2D eigenvalue weighted by Crippen LogP contribution is 2.25. The molecule has 1 N–H and O–H groups in total. The van der Waals surface area contributed by atoms with Crippen molar-refractivity contribution in [3.63, 3.8) is 0 Å². The Morgan fingerprint density at radius 2 is 1.95 bits per heavy atom. The average molecular weight is 260 g/mol. The van der Waals surface area contributed by atoms with Crippen LogP contribution in [0.5, 0.6) is 0 Å². The van der Waals surface area contributed by atoms with Crippen molar-refractivity contribution in [3.8, 4) is 0 Å². The van der Waals surface area contributed by atoms with E-state index in [1.54, 1.807) is 19.0 Å². The van der Waals surface area contributed by atoms with Gasteiger partial charge in [0.2, 0.25) is 5.95 Å². The van der Waals surface area contributed by atoms with Gasteiger partial charge in [-0.3, -0.25) is 0 Å². The summed E-state index contributed by atoms with van der Waals surface area (Å²) in [5.74, 6) is 0.207. The van der Waals surface area contributed by atoms with E-state index in [9.17, 15) is 4.39 Å². The topological polar surface area (TPSA) is 41.1 Å². The summed E-state index contributed by atoms with van der Waals surface area (Å²) in [6.45, 7) is 2.10. The smallest absolute Gasteiger partial charge is 0.224 e. The summed E-state index contributed by atoms with van der Waals surface area (Å²) in [7, 11) is 3.48. The van der Waals surface area contributed by atoms with Crippen molar-refractivity contribution in [3.05, 3.63) is 41.8 Å². The van der Waals surface area contributed by atoms with E-state index >= 15 is 0 Å². The van der Waals surface area contributed by atoms with Crippen molar-refractivity contribution in [1.82, 2.24) is 9.97 Å². The third-order valence-electron chi connectivity index (χ3n) is 3.00. The monoisotopic (exact) mass is 260 g/mol. The summed E-state index contributed by atoms with van der Waals surface area (Å²) in [5, 5.41) is 2.80. The first-order chi connectivity index (χ1) is 9.15. The zero-order valence-corrected chi connectivity index (χ0v) is 11.3. The molecule has 4 nitrogen and oxygen atoms in total. The quantitative estimate of drug-likeness (QED) is 0.917. The van der Waals surface area contributed by atoms with Crippen LogP contribution in [-0.4, -0.2) is 24.1 Å². The molecule has 0 fully saturated rings. The van der Waals surface area contributed by atoms with Crippen LogP contribution in [0.2, 0.25) is 0 Å². The number of nitrogens with zero attached hydrogens (tertiary/aromatic N) is 3. The molecule has 1 aromatic carbocycles. The lowest BCUT2D eigenvalue weighted by atomic mass is 10.1. The van der Waals surface area contributed by atoms with Crippen molar-refractivity contribution in [1.29, 1.82) is 0 Å². The molecule has 0 bridgehead atoms. The highest BCUT2D eigenvalue weighted by molar-refractivity contribution is 5.60. The lowest BCUT2D eigenvalue weighted by Gasteiger charge is -2.19. The third kappa shape index (κ3) is 2.81. The fourth-order valence-electron chi connectivity index (χ4n) is 1.79. The van der Waals surface area contributed by atoms with Crippen LogP contribution in [0.3, 0.4) is 0 Å². The predicted molar refractivity (Wildman–Crippen MR) is 75.4 cm³/mol. The third-order valence-corrected chi connectivity index (χ3v) is 3.00. The summed E-state index contributed by atoms with van der Waals surface area (Å²) in [6.07, 6.45) is 2.15. The molecule has 0 unspecified atom stereocenters. The first-order valence-electron chi connectivity index (χ1n) is 6.18. The van der Waals surface area contributed by atoms with Crippen LogP contribution in [0, 0.1) is 5.82 Å². The van der Waals surface area contributed by atoms with Crippen LogP contribution in [0.25, 0.3) is 0 Å². The van der Waals surface area contributed by atoms with E-state index in [-0.39, 0.29) is 5.82 Å². The van der Waals surface area contributed by atoms with Gasteiger partial charge in [-0.15, -0.1) is 0 Å². The molecule has 5 heteroatoms. The zero-order valence-electron chi connectivity index (χ0n) is 11.3. The van der Waals surface area contributed by atoms with E-state index in [1.807, 2.05) is 24.3 Å². The standard InChI is InChI=1S/C14H17FN4/c1-4-10-5-7-11(8-6-10)19(3)13-12(15)9-17-14(16-2)18-13/h5-9H,4H2,1-3H3,(H,16,17,18). The van der Waals surface area contributed by atoms with Gasteiger partial charge in [-0.25, -0.2) is 9.37 Å². The van der Waals surface area contributed by atoms with Gasteiger partial charge in [-0.1, -0.05) is 19.1 Å². The SMILES string of the molecule is CCc1ccc(N(C)c2nc(NC)ncc2F)cc1. The Morgan fingerprint density at radius 3 is 2.53 bits per heavy atom. The Bertz CT molecular complexity index is 554. The van der Waals surface area contributed by atoms with Crippen LogP contribution in [0.4, 0.5) is 21.8 Å². The summed E-state index contributed by atoms with van der Waals surface area (Å²) in [5.41, 5.74) is 2.13. The Kier molecular flexibility index (Phi) is 3.94. The second-order valence-corrected chi connectivity index (χ2v) is 4.19. The molecule has 2 rings (SSSR count). The van der Waals surface area contributed by atoms with E-state index in [0.717, 1.165) is 12.1 Å². The van der Waals surface area contributed by atoms with Gasteiger partial charge in [-0.05, 0) is 24.1 Å². The van der Waals surface area contributed by atoms with Crippen LogP contribution in [0.1, 0.15) is 12.5 Å². The molecule has 0 saturated heterocycles. The summed E-state index contributed by atoms with van der Waals surface area (Å²) in [6, 6.07) is 7.98. The molecule has 0 radical (unpaired) electrons. The van der Waals surface area contributed by atoms with Crippen molar-refractivity contribution in [2.75, 3.05) is 24.3 Å². The number of hydrogen-bond donors (Lipinski definition) is 1. The van der Waals surface area contributed by atoms with Gasteiger partial charge >= 0.3 is 0 Å². The number of benzene rings is 1. The van der Waals surface area contributed by atoms with Crippen LogP contribution in [-0.2, 0) is 6.42 Å². The van der Waals surface area contributed by atoms with Crippen molar-refractivity contribution < 1.29 is 4.39 Å². The van der Waals surface area contributed by atoms with E-state index in [4.69, 9.17) is 0 Å². The molecule has 2 aromatic rings. The fraction of sp³-hybridized carbons (Fsp3) is 0.286. The molecule has 0 saturated carbocycles. The Labute approximate surface area is 112 Å². The molecule has 19 heavy (non-hydrogen) atoms. The van der Waals surface area contributed by atoms with Gasteiger partial charge in [0.05, 0.1) is 6.20 Å². The average Bonchev–Trinajstić information content (AvgIpc) is 2.47. The predicted octanol–water partition coefficient (Wildman–Crippen LogP) is 2.99. The Balaban J connectivity index is 2.34. The maximum atomic E-state index is 13.8. The van der Waals surface area contributed by atoms with E-state index < -0.39 is 5.82 Å². The van der Waals surface area contributed by atoms with Crippen molar-refractivity contribution in [2.24, 2.45) is 0 Å². The summed E-state index contributed by atoms with van der Waals surface area (Å²) < 4.78 is 13.8. The molecule has 0 amide bonds. The largest absolute Gasteiger partial charge is 0.357 e. The first-order valence-corrected chi connectivity index (χ1v) is 6.18. The molecular formula is C14H17FN4. The number of anilines is 3. The summed E-state index contributed by atoms with van der Waals surface area (Å²) >= 11 is 0. The van der Waals surface area contributed by atoms with Crippen LogP contribution in [0.15, 0.2) is 30.5 Å². The number of aryl methyl sites for hydroxylation is 1. The molecule has 100 valence electrons. The number of hydrogen-bond acceptors (Lipinski definition) is 4. The van der Waals surface area contributed by atoms with E-state index in [2.05, 4.69) is 22.2 Å². The van der Waals surface area contributed by atoms with Crippen molar-refractivity contribution in [2.45, 2.75) is 13.3 Å². The van der Waals surface area contributed by atoms with Gasteiger partial charge in [0.1, 0.15) is 0 Å². The molecule has 0 aliphatic rings. The van der Waals surface area contributed by atoms with E-state index in [0.29, 0.717) is 5.95 Å². The Morgan fingerprint density at radius 1 is 1.26 bits per heavy atom. The lowest BCUT2D eigenvalue weighted by Crippen LogP contribution is -2.14. The first kappa shape index (κ1) is 13.3. The molecule has 0 aliphatic carbocycles. The highest BCUT2D eigenvalue weighted by atomic mass is 19.1. The number of aromatic nitrogens is 2. The van der Waals surface area contributed by atoms with Gasteiger partial charge in [0, 0.05) is 19.8 Å². The molecule has 0 spiro atoms. The minimum atomic E-state index is -0.443. The number of halogens is 1.